The second kappa shape index (κ2) is 8.57. The number of nitrogens with one attached hydrogen (secondary N) is 1. The molecule has 0 fully saturated rings. The van der Waals surface area contributed by atoms with E-state index >= 15 is 0 Å². The molecule has 114 valence electrons. The van der Waals surface area contributed by atoms with Gasteiger partial charge < -0.3 is 19.2 Å². The van der Waals surface area contributed by atoms with E-state index in [0.29, 0.717) is 5.76 Å². The smallest absolute Gasteiger partial charge is 0.328 e. The van der Waals surface area contributed by atoms with Crippen LogP contribution in [0.3, 0.4) is 0 Å². The van der Waals surface area contributed by atoms with Crippen molar-refractivity contribution in [2.45, 2.75) is 18.9 Å². The lowest BCUT2D eigenvalue weighted by molar-refractivity contribution is -0.146. The number of carbonyl (C=O) groups is 3. The highest BCUT2D eigenvalue weighted by molar-refractivity contribution is 5.94. The molecule has 0 saturated carbocycles. The van der Waals surface area contributed by atoms with Crippen molar-refractivity contribution in [3.63, 3.8) is 0 Å². The average molecular weight is 295 g/mol. The van der Waals surface area contributed by atoms with E-state index in [2.05, 4.69) is 14.8 Å². The molecule has 1 N–H and O–H groups in total. The van der Waals surface area contributed by atoms with Crippen LogP contribution in [-0.4, -0.2) is 38.1 Å². The molecule has 1 rings (SSSR count). The van der Waals surface area contributed by atoms with Gasteiger partial charge >= 0.3 is 11.9 Å². The monoisotopic (exact) mass is 295 g/mol. The molecule has 0 saturated heterocycles. The van der Waals surface area contributed by atoms with Crippen LogP contribution >= 0.6 is 0 Å². The van der Waals surface area contributed by atoms with Crippen molar-refractivity contribution in [3.05, 3.63) is 30.2 Å². The Morgan fingerprint density at radius 3 is 2.67 bits per heavy atom. The Bertz CT molecular complexity index is 506. The molecule has 1 amide bonds. The Morgan fingerprint density at radius 2 is 2.10 bits per heavy atom. The van der Waals surface area contributed by atoms with Gasteiger partial charge in [-0.05, 0) is 24.6 Å². The number of furan rings is 1. The summed E-state index contributed by atoms with van der Waals surface area (Å²) < 4.78 is 14.1. The number of hydrogen-bond donors (Lipinski definition) is 1. The summed E-state index contributed by atoms with van der Waals surface area (Å²) in [5.74, 6) is -1.08. The van der Waals surface area contributed by atoms with E-state index < -0.39 is 23.9 Å². The van der Waals surface area contributed by atoms with E-state index in [-0.39, 0.29) is 12.8 Å². The minimum Gasteiger partial charge on any atom is -0.469 e. The first-order valence-electron chi connectivity index (χ1n) is 6.23. The predicted molar refractivity (Wildman–Crippen MR) is 72.9 cm³/mol. The molecule has 1 atom stereocenters. The Kier molecular flexibility index (Phi) is 6.73. The summed E-state index contributed by atoms with van der Waals surface area (Å²) >= 11 is 0. The van der Waals surface area contributed by atoms with Gasteiger partial charge in [0.05, 0.1) is 20.5 Å². The minimum absolute atomic E-state index is 0.00154. The molecule has 0 radical (unpaired) electrons. The molecule has 0 bridgehead atoms. The Balaban J connectivity index is 2.56. The molecule has 0 aliphatic carbocycles. The molecule has 1 aromatic rings. The van der Waals surface area contributed by atoms with Crippen LogP contribution in [0, 0.1) is 0 Å². The zero-order valence-electron chi connectivity index (χ0n) is 11.8. The van der Waals surface area contributed by atoms with Crippen molar-refractivity contribution in [2.24, 2.45) is 0 Å². The normalized spacial score (nSPS) is 11.9. The molecule has 7 heteroatoms. The average Bonchev–Trinajstić information content (AvgIpc) is 3.01. The largest absolute Gasteiger partial charge is 0.469 e. The second-order valence-corrected chi connectivity index (χ2v) is 4.05. The van der Waals surface area contributed by atoms with Gasteiger partial charge in [-0.1, -0.05) is 0 Å². The molecular weight excluding hydrogens is 278 g/mol. The fourth-order valence-electron chi connectivity index (χ4n) is 1.52. The third-order valence-electron chi connectivity index (χ3n) is 2.61. The third-order valence-corrected chi connectivity index (χ3v) is 2.61. The molecule has 7 nitrogen and oxygen atoms in total. The van der Waals surface area contributed by atoms with Crippen molar-refractivity contribution in [3.8, 4) is 0 Å². The quantitative estimate of drug-likeness (QED) is 0.593. The fraction of sp³-hybridized carbons (Fsp3) is 0.357. The molecule has 0 aliphatic heterocycles. The fourth-order valence-corrected chi connectivity index (χ4v) is 1.52. The first-order chi connectivity index (χ1) is 10.1. The lowest BCUT2D eigenvalue weighted by atomic mass is 10.1. The van der Waals surface area contributed by atoms with Crippen molar-refractivity contribution < 1.29 is 28.3 Å². The van der Waals surface area contributed by atoms with Crippen LogP contribution in [0.2, 0.25) is 0 Å². The SMILES string of the molecule is COC(=O)CC[C@H](NC(=O)C=Cc1ccco1)C(=O)OC. The van der Waals surface area contributed by atoms with Gasteiger partial charge in [0.25, 0.3) is 0 Å². The number of amides is 1. The maximum absolute atomic E-state index is 11.7. The molecule has 0 unspecified atom stereocenters. The van der Waals surface area contributed by atoms with E-state index in [1.54, 1.807) is 12.1 Å². The summed E-state index contributed by atoms with van der Waals surface area (Å²) in [4.78, 5) is 34.3. The Morgan fingerprint density at radius 1 is 1.33 bits per heavy atom. The topological polar surface area (TPSA) is 94.8 Å². The number of carbonyl (C=O) groups excluding carboxylic acids is 3. The minimum atomic E-state index is -0.914. The van der Waals surface area contributed by atoms with E-state index in [1.807, 2.05) is 0 Å². The zero-order chi connectivity index (χ0) is 15.7. The van der Waals surface area contributed by atoms with Crippen molar-refractivity contribution >= 4 is 23.9 Å². The van der Waals surface area contributed by atoms with Gasteiger partial charge in [-0.15, -0.1) is 0 Å². The molecular formula is C14H17NO6. The van der Waals surface area contributed by atoms with Gasteiger partial charge in [0.2, 0.25) is 5.91 Å². The number of methoxy groups -OCH3 is 2. The number of esters is 2. The van der Waals surface area contributed by atoms with Gasteiger partial charge in [0.15, 0.2) is 0 Å². The second-order valence-electron chi connectivity index (χ2n) is 4.05. The van der Waals surface area contributed by atoms with Crippen LogP contribution in [0.15, 0.2) is 28.9 Å². The van der Waals surface area contributed by atoms with Gasteiger partial charge in [-0.2, -0.15) is 0 Å². The van der Waals surface area contributed by atoms with Gasteiger partial charge in [-0.25, -0.2) is 4.79 Å². The van der Waals surface area contributed by atoms with Gasteiger partial charge in [-0.3, -0.25) is 9.59 Å². The van der Waals surface area contributed by atoms with Crippen LogP contribution in [0.1, 0.15) is 18.6 Å². The summed E-state index contributed by atoms with van der Waals surface area (Å²) in [5, 5.41) is 2.46. The first-order valence-corrected chi connectivity index (χ1v) is 6.23. The zero-order valence-corrected chi connectivity index (χ0v) is 11.8. The maximum atomic E-state index is 11.7. The van der Waals surface area contributed by atoms with Crippen molar-refractivity contribution in [2.75, 3.05) is 14.2 Å². The van der Waals surface area contributed by atoms with Crippen molar-refractivity contribution in [1.82, 2.24) is 5.32 Å². The summed E-state index contributed by atoms with van der Waals surface area (Å²) in [5.41, 5.74) is 0. The Hall–Kier alpha value is -2.57. The lowest BCUT2D eigenvalue weighted by Gasteiger charge is -2.14. The number of ether oxygens (including phenoxy) is 2. The third kappa shape index (κ3) is 5.94. The lowest BCUT2D eigenvalue weighted by Crippen LogP contribution is -2.41. The molecule has 1 heterocycles. The molecule has 1 aromatic heterocycles. The van der Waals surface area contributed by atoms with E-state index in [9.17, 15) is 14.4 Å². The van der Waals surface area contributed by atoms with Crippen LogP contribution in [0.5, 0.6) is 0 Å². The molecule has 0 aliphatic rings. The Labute approximate surface area is 121 Å². The van der Waals surface area contributed by atoms with Crippen LogP contribution < -0.4 is 5.32 Å². The van der Waals surface area contributed by atoms with E-state index in [1.165, 1.54) is 32.6 Å². The standard InChI is InChI=1S/C14H17NO6/c1-19-13(17)8-6-11(14(18)20-2)15-12(16)7-5-10-4-3-9-21-10/h3-5,7,9,11H,6,8H2,1-2H3,(H,15,16)/t11-/m0/s1. The van der Waals surface area contributed by atoms with Gasteiger partial charge in [0, 0.05) is 12.5 Å². The van der Waals surface area contributed by atoms with Crippen LogP contribution in [0.4, 0.5) is 0 Å². The summed E-state index contributed by atoms with van der Waals surface area (Å²) in [6.45, 7) is 0. The number of rotatable bonds is 7. The molecule has 0 aromatic carbocycles. The molecule has 0 spiro atoms. The highest BCUT2D eigenvalue weighted by Gasteiger charge is 2.21. The van der Waals surface area contributed by atoms with Crippen LogP contribution in [-0.2, 0) is 23.9 Å². The van der Waals surface area contributed by atoms with E-state index in [0.717, 1.165) is 0 Å². The van der Waals surface area contributed by atoms with Gasteiger partial charge in [0.1, 0.15) is 11.8 Å². The summed E-state index contributed by atoms with van der Waals surface area (Å²) in [6, 6.07) is 2.45. The highest BCUT2D eigenvalue weighted by atomic mass is 16.5. The molecule has 21 heavy (non-hydrogen) atoms. The first kappa shape index (κ1) is 16.5. The highest BCUT2D eigenvalue weighted by Crippen LogP contribution is 2.04. The predicted octanol–water partition coefficient (Wildman–Crippen LogP) is 0.904. The van der Waals surface area contributed by atoms with E-state index in [4.69, 9.17) is 4.42 Å². The van der Waals surface area contributed by atoms with Crippen molar-refractivity contribution in [1.29, 1.82) is 0 Å². The van der Waals surface area contributed by atoms with Crippen LogP contribution in [0.25, 0.3) is 6.08 Å². The maximum Gasteiger partial charge on any atom is 0.328 e. The summed E-state index contributed by atoms with van der Waals surface area (Å²) in [7, 11) is 2.46. The summed E-state index contributed by atoms with van der Waals surface area (Å²) in [6.07, 6.45) is 4.26. The number of hydrogen-bond acceptors (Lipinski definition) is 6.